The van der Waals surface area contributed by atoms with Gasteiger partial charge in [-0.05, 0) is 31.4 Å². The quantitative estimate of drug-likeness (QED) is 0.838. The maximum Gasteiger partial charge on any atom is 0.265 e. The molecule has 116 valence electrons. The first-order chi connectivity index (χ1) is 10.2. The lowest BCUT2D eigenvalue weighted by atomic mass is 10.0. The largest absolute Gasteiger partial charge is 0.482 e. The monoisotopic (exact) mass is 293 g/mol. The van der Waals surface area contributed by atoms with Crippen LogP contribution in [0.25, 0.3) is 0 Å². The van der Waals surface area contributed by atoms with Gasteiger partial charge in [-0.15, -0.1) is 0 Å². The number of ether oxygens (including phenoxy) is 2. The summed E-state index contributed by atoms with van der Waals surface area (Å²) in [6.07, 6.45) is 0.627. The molecule has 0 radical (unpaired) electrons. The zero-order valence-corrected chi connectivity index (χ0v) is 12.5. The van der Waals surface area contributed by atoms with Crippen molar-refractivity contribution in [3.8, 4) is 11.5 Å². The van der Waals surface area contributed by atoms with Crippen molar-refractivity contribution < 1.29 is 19.4 Å². The minimum absolute atomic E-state index is 0.140. The van der Waals surface area contributed by atoms with Crippen molar-refractivity contribution in [2.45, 2.75) is 38.9 Å². The zero-order valence-electron chi connectivity index (χ0n) is 12.5. The van der Waals surface area contributed by atoms with Gasteiger partial charge in [0.05, 0.1) is 0 Å². The van der Waals surface area contributed by atoms with Gasteiger partial charge < -0.3 is 19.9 Å². The third-order valence-electron chi connectivity index (χ3n) is 3.78. The molecule has 1 aliphatic heterocycles. The second-order valence-corrected chi connectivity index (χ2v) is 5.34. The number of carbonyl (C=O) groups is 1. The van der Waals surface area contributed by atoms with Gasteiger partial charge in [0.1, 0.15) is 6.10 Å². The van der Waals surface area contributed by atoms with Gasteiger partial charge in [-0.2, -0.15) is 0 Å². The Morgan fingerprint density at radius 1 is 1.33 bits per heavy atom. The molecule has 0 spiro atoms. The SMILES string of the molecule is CCC(CCO)CNC(=O)C1Oc2ccccc2OC1C. The Morgan fingerprint density at radius 2 is 2.00 bits per heavy atom. The van der Waals surface area contributed by atoms with Crippen molar-refractivity contribution in [3.05, 3.63) is 24.3 Å². The third-order valence-corrected chi connectivity index (χ3v) is 3.78. The van der Waals surface area contributed by atoms with E-state index >= 15 is 0 Å². The van der Waals surface area contributed by atoms with Crippen molar-refractivity contribution in [2.75, 3.05) is 13.2 Å². The van der Waals surface area contributed by atoms with Crippen LogP contribution in [0.15, 0.2) is 24.3 Å². The topological polar surface area (TPSA) is 67.8 Å². The van der Waals surface area contributed by atoms with Crippen LogP contribution in [0, 0.1) is 5.92 Å². The first-order valence-corrected chi connectivity index (χ1v) is 7.46. The van der Waals surface area contributed by atoms with Crippen LogP contribution in [-0.2, 0) is 4.79 Å². The average molecular weight is 293 g/mol. The van der Waals surface area contributed by atoms with Crippen molar-refractivity contribution in [3.63, 3.8) is 0 Å². The fourth-order valence-corrected chi connectivity index (χ4v) is 2.38. The van der Waals surface area contributed by atoms with Gasteiger partial charge >= 0.3 is 0 Å². The van der Waals surface area contributed by atoms with Crippen molar-refractivity contribution in [1.29, 1.82) is 0 Å². The molecule has 1 aliphatic rings. The number of carbonyl (C=O) groups excluding carboxylic acids is 1. The van der Waals surface area contributed by atoms with Gasteiger partial charge in [0, 0.05) is 13.2 Å². The minimum atomic E-state index is -0.647. The molecule has 0 aromatic heterocycles. The second kappa shape index (κ2) is 7.31. The molecular weight excluding hydrogens is 270 g/mol. The summed E-state index contributed by atoms with van der Waals surface area (Å²) in [6, 6.07) is 7.34. The van der Waals surface area contributed by atoms with E-state index in [-0.39, 0.29) is 24.5 Å². The number of para-hydroxylation sites is 2. The number of aliphatic hydroxyl groups is 1. The summed E-state index contributed by atoms with van der Waals surface area (Å²) >= 11 is 0. The molecule has 1 heterocycles. The molecule has 21 heavy (non-hydrogen) atoms. The first-order valence-electron chi connectivity index (χ1n) is 7.46. The fraction of sp³-hybridized carbons (Fsp3) is 0.562. The number of amides is 1. The van der Waals surface area contributed by atoms with E-state index in [1.807, 2.05) is 32.0 Å². The Hall–Kier alpha value is -1.75. The molecule has 2 N–H and O–H groups in total. The van der Waals surface area contributed by atoms with Crippen LogP contribution < -0.4 is 14.8 Å². The maximum atomic E-state index is 12.3. The number of fused-ring (bicyclic) bond motifs is 1. The molecule has 3 atom stereocenters. The molecule has 5 nitrogen and oxygen atoms in total. The number of hydrogen-bond acceptors (Lipinski definition) is 4. The second-order valence-electron chi connectivity index (χ2n) is 5.34. The lowest BCUT2D eigenvalue weighted by molar-refractivity contribution is -0.133. The van der Waals surface area contributed by atoms with E-state index in [9.17, 15) is 4.79 Å². The van der Waals surface area contributed by atoms with E-state index < -0.39 is 6.10 Å². The molecule has 0 bridgehead atoms. The highest BCUT2D eigenvalue weighted by Crippen LogP contribution is 2.33. The molecule has 1 aromatic carbocycles. The van der Waals surface area contributed by atoms with Crippen molar-refractivity contribution in [1.82, 2.24) is 5.32 Å². The lowest BCUT2D eigenvalue weighted by Crippen LogP contribution is -2.49. The lowest BCUT2D eigenvalue weighted by Gasteiger charge is -2.31. The van der Waals surface area contributed by atoms with Crippen LogP contribution in [0.5, 0.6) is 11.5 Å². The number of aliphatic hydroxyl groups excluding tert-OH is 1. The fourth-order valence-electron chi connectivity index (χ4n) is 2.38. The predicted molar refractivity (Wildman–Crippen MR) is 79.4 cm³/mol. The number of rotatable bonds is 6. The Kier molecular flexibility index (Phi) is 5.44. The molecule has 2 rings (SSSR count). The molecule has 3 unspecified atom stereocenters. The smallest absolute Gasteiger partial charge is 0.265 e. The highest BCUT2D eigenvalue weighted by molar-refractivity contribution is 5.82. The van der Waals surface area contributed by atoms with Crippen LogP contribution in [-0.4, -0.2) is 36.4 Å². The Labute approximate surface area is 125 Å². The van der Waals surface area contributed by atoms with Gasteiger partial charge in [-0.25, -0.2) is 0 Å². The Balaban J connectivity index is 1.94. The van der Waals surface area contributed by atoms with Crippen LogP contribution in [0.2, 0.25) is 0 Å². The van der Waals surface area contributed by atoms with E-state index in [1.54, 1.807) is 6.07 Å². The zero-order chi connectivity index (χ0) is 15.2. The third kappa shape index (κ3) is 3.88. The highest BCUT2D eigenvalue weighted by Gasteiger charge is 2.33. The van der Waals surface area contributed by atoms with E-state index in [4.69, 9.17) is 14.6 Å². The van der Waals surface area contributed by atoms with E-state index in [0.717, 1.165) is 6.42 Å². The van der Waals surface area contributed by atoms with Crippen LogP contribution in [0.4, 0.5) is 0 Å². The molecule has 0 saturated carbocycles. The van der Waals surface area contributed by atoms with Gasteiger partial charge in [-0.1, -0.05) is 25.5 Å². The molecule has 1 amide bonds. The van der Waals surface area contributed by atoms with Gasteiger partial charge in [0.15, 0.2) is 11.5 Å². The molecule has 0 fully saturated rings. The molecule has 0 saturated heterocycles. The number of hydrogen-bond donors (Lipinski definition) is 2. The Morgan fingerprint density at radius 3 is 2.62 bits per heavy atom. The highest BCUT2D eigenvalue weighted by atomic mass is 16.6. The maximum absolute atomic E-state index is 12.3. The summed E-state index contributed by atoms with van der Waals surface area (Å²) < 4.78 is 11.5. The van der Waals surface area contributed by atoms with Crippen molar-refractivity contribution in [2.24, 2.45) is 5.92 Å². The van der Waals surface area contributed by atoms with Gasteiger partial charge in [-0.3, -0.25) is 4.79 Å². The van der Waals surface area contributed by atoms with Gasteiger partial charge in [0.2, 0.25) is 6.10 Å². The summed E-state index contributed by atoms with van der Waals surface area (Å²) in [6.45, 7) is 4.56. The van der Waals surface area contributed by atoms with Crippen LogP contribution in [0.1, 0.15) is 26.7 Å². The normalized spacial score (nSPS) is 21.7. The van der Waals surface area contributed by atoms with E-state index in [2.05, 4.69) is 5.32 Å². The first kappa shape index (κ1) is 15.6. The van der Waals surface area contributed by atoms with E-state index in [0.29, 0.717) is 24.5 Å². The summed E-state index contributed by atoms with van der Waals surface area (Å²) in [4.78, 5) is 12.3. The molecule has 0 aliphatic carbocycles. The standard InChI is InChI=1S/C16H23NO4/c1-3-12(8-9-18)10-17-16(19)15-11(2)20-13-6-4-5-7-14(13)21-15/h4-7,11-12,15,18H,3,8-10H2,1-2H3,(H,17,19). The summed E-state index contributed by atoms with van der Waals surface area (Å²) in [5.41, 5.74) is 0. The van der Waals surface area contributed by atoms with Crippen molar-refractivity contribution >= 4 is 5.91 Å². The van der Waals surface area contributed by atoms with Crippen LogP contribution in [0.3, 0.4) is 0 Å². The van der Waals surface area contributed by atoms with Gasteiger partial charge in [0.25, 0.3) is 5.91 Å². The molecule has 1 aromatic rings. The average Bonchev–Trinajstić information content (AvgIpc) is 2.50. The molecular formula is C16H23NO4. The Bertz CT molecular complexity index is 477. The summed E-state index contributed by atoms with van der Waals surface area (Å²) in [5.74, 6) is 1.37. The predicted octanol–water partition coefficient (Wildman–Crippen LogP) is 1.74. The van der Waals surface area contributed by atoms with E-state index in [1.165, 1.54) is 0 Å². The summed E-state index contributed by atoms with van der Waals surface area (Å²) in [7, 11) is 0. The molecule has 5 heteroatoms. The van der Waals surface area contributed by atoms with Crippen LogP contribution >= 0.6 is 0 Å². The number of nitrogens with one attached hydrogen (secondary N) is 1. The summed E-state index contributed by atoms with van der Waals surface area (Å²) in [5, 5.41) is 11.9. The number of benzene rings is 1. The minimum Gasteiger partial charge on any atom is -0.482 e.